The summed E-state index contributed by atoms with van der Waals surface area (Å²) in [4.78, 5) is 3.60. The third-order valence-corrected chi connectivity index (χ3v) is 3.61. The predicted octanol–water partition coefficient (Wildman–Crippen LogP) is 1.75. The topological polar surface area (TPSA) is 82.8 Å². The molecule has 0 spiro atoms. The van der Waals surface area contributed by atoms with Gasteiger partial charge in [0.1, 0.15) is 11.0 Å². The molecule has 0 fully saturated rings. The maximum absolute atomic E-state index is 12.1. The summed E-state index contributed by atoms with van der Waals surface area (Å²) >= 11 is 0. The van der Waals surface area contributed by atoms with Gasteiger partial charge < -0.3 is 0 Å². The second-order valence-electron chi connectivity index (χ2n) is 3.43. The molecule has 2 aromatic rings. The minimum Gasteiger partial charge on any atom is -0.280 e. The highest BCUT2D eigenvalue weighted by Gasteiger charge is 2.19. The lowest BCUT2D eigenvalue weighted by Gasteiger charge is -2.08. The second kappa shape index (κ2) is 4.85. The molecule has 2 rings (SSSR count). The first-order chi connectivity index (χ1) is 8.63. The summed E-state index contributed by atoms with van der Waals surface area (Å²) in [5.41, 5.74) is 0.311. The maximum Gasteiger partial charge on any atom is 0.264 e. The molecule has 1 N–H and O–H groups in total. The van der Waals surface area contributed by atoms with Gasteiger partial charge in [0.05, 0.1) is 0 Å². The minimum absolute atomic E-state index is 0.124. The Morgan fingerprint density at radius 3 is 2.50 bits per heavy atom. The molecule has 1 heterocycles. The van der Waals surface area contributed by atoms with Crippen LogP contribution in [0.3, 0.4) is 0 Å². The van der Waals surface area contributed by atoms with E-state index in [1.165, 1.54) is 18.3 Å². The van der Waals surface area contributed by atoms with Gasteiger partial charge in [0.25, 0.3) is 10.0 Å². The van der Waals surface area contributed by atoms with Gasteiger partial charge in [-0.15, -0.1) is 0 Å². The summed E-state index contributed by atoms with van der Waals surface area (Å²) < 4.78 is 26.5. The van der Waals surface area contributed by atoms with Gasteiger partial charge in [-0.05, 0) is 24.3 Å². The van der Waals surface area contributed by atoms with Crippen molar-refractivity contribution in [3.05, 3.63) is 54.4 Å². The number of hydrogen-bond acceptors (Lipinski definition) is 4. The van der Waals surface area contributed by atoms with E-state index < -0.39 is 10.0 Å². The molecule has 0 unspecified atom stereocenters. The number of nitrogens with one attached hydrogen (secondary N) is 1. The van der Waals surface area contributed by atoms with E-state index in [1.807, 2.05) is 0 Å². The Labute approximate surface area is 105 Å². The van der Waals surface area contributed by atoms with E-state index in [4.69, 9.17) is 5.26 Å². The van der Waals surface area contributed by atoms with Gasteiger partial charge >= 0.3 is 0 Å². The molecule has 5 nitrogen and oxygen atoms in total. The molecule has 0 aliphatic rings. The number of nitriles is 1. The van der Waals surface area contributed by atoms with Crippen molar-refractivity contribution in [1.29, 1.82) is 5.26 Å². The van der Waals surface area contributed by atoms with Gasteiger partial charge in [-0.1, -0.05) is 18.2 Å². The third kappa shape index (κ3) is 2.47. The predicted molar refractivity (Wildman–Crippen MR) is 66.2 cm³/mol. The highest BCUT2D eigenvalue weighted by atomic mass is 32.2. The zero-order chi connectivity index (χ0) is 13.0. The van der Waals surface area contributed by atoms with Crippen molar-refractivity contribution in [2.75, 3.05) is 4.72 Å². The van der Waals surface area contributed by atoms with Crippen LogP contribution in [0, 0.1) is 11.3 Å². The number of nitrogens with zero attached hydrogens (tertiary/aromatic N) is 2. The summed E-state index contributed by atoms with van der Waals surface area (Å²) in [6.45, 7) is 0. The van der Waals surface area contributed by atoms with E-state index >= 15 is 0 Å². The van der Waals surface area contributed by atoms with Crippen molar-refractivity contribution in [2.24, 2.45) is 0 Å². The zero-order valence-corrected chi connectivity index (χ0v) is 10.1. The van der Waals surface area contributed by atoms with Crippen molar-refractivity contribution in [1.82, 2.24) is 4.98 Å². The van der Waals surface area contributed by atoms with Crippen molar-refractivity contribution in [3.63, 3.8) is 0 Å². The Bertz CT molecular complexity index is 691. The third-order valence-electron chi connectivity index (χ3n) is 2.19. The normalized spacial score (nSPS) is 10.6. The first-order valence-corrected chi connectivity index (χ1v) is 6.55. The highest BCUT2D eigenvalue weighted by molar-refractivity contribution is 7.92. The standard InChI is InChI=1S/C12H9N3O2S/c13-9-11-12(7-4-8-14-11)18(16,17)15-10-5-2-1-3-6-10/h1-8,15H. The number of para-hydroxylation sites is 1. The molecule has 0 radical (unpaired) electrons. The van der Waals surface area contributed by atoms with E-state index in [9.17, 15) is 8.42 Å². The Balaban J connectivity index is 2.41. The molecule has 6 heteroatoms. The lowest BCUT2D eigenvalue weighted by molar-refractivity contribution is 0.600. The lowest BCUT2D eigenvalue weighted by Crippen LogP contribution is -2.14. The first kappa shape index (κ1) is 12.1. The molecule has 0 saturated carbocycles. The second-order valence-corrected chi connectivity index (χ2v) is 5.08. The van der Waals surface area contributed by atoms with Crippen LogP contribution in [0.1, 0.15) is 5.69 Å². The average Bonchev–Trinajstić information content (AvgIpc) is 2.39. The fraction of sp³-hybridized carbons (Fsp3) is 0. The Morgan fingerprint density at radius 2 is 1.83 bits per heavy atom. The van der Waals surface area contributed by atoms with Crippen LogP contribution in [-0.2, 0) is 10.0 Å². The fourth-order valence-corrected chi connectivity index (χ4v) is 2.57. The summed E-state index contributed by atoms with van der Waals surface area (Å²) in [5.74, 6) is 0. The molecular weight excluding hydrogens is 250 g/mol. The summed E-state index contributed by atoms with van der Waals surface area (Å²) in [6.07, 6.45) is 1.38. The van der Waals surface area contributed by atoms with Crippen molar-refractivity contribution >= 4 is 15.7 Å². The van der Waals surface area contributed by atoms with Gasteiger partial charge in [0.15, 0.2) is 5.69 Å². The van der Waals surface area contributed by atoms with Crippen LogP contribution in [-0.4, -0.2) is 13.4 Å². The molecule has 90 valence electrons. The van der Waals surface area contributed by atoms with Crippen LogP contribution in [0.25, 0.3) is 0 Å². The Kier molecular flexibility index (Phi) is 3.26. The molecule has 1 aromatic heterocycles. The fourth-order valence-electron chi connectivity index (χ4n) is 1.41. The number of sulfonamides is 1. The van der Waals surface area contributed by atoms with Crippen LogP contribution in [0.2, 0.25) is 0 Å². The number of anilines is 1. The van der Waals surface area contributed by atoms with Gasteiger partial charge in [0.2, 0.25) is 0 Å². The van der Waals surface area contributed by atoms with Crippen molar-refractivity contribution in [2.45, 2.75) is 4.90 Å². The van der Waals surface area contributed by atoms with Crippen molar-refractivity contribution < 1.29 is 8.42 Å². The molecule has 0 saturated heterocycles. The smallest absolute Gasteiger partial charge is 0.264 e. The lowest BCUT2D eigenvalue weighted by atomic mass is 10.3. The van der Waals surface area contributed by atoms with Crippen LogP contribution < -0.4 is 4.72 Å². The summed E-state index contributed by atoms with van der Waals surface area (Å²) in [6, 6.07) is 13.0. The van der Waals surface area contributed by atoms with Crippen LogP contribution in [0.15, 0.2) is 53.6 Å². The van der Waals surface area contributed by atoms with Gasteiger partial charge in [0, 0.05) is 11.9 Å². The maximum atomic E-state index is 12.1. The molecule has 0 atom stereocenters. The zero-order valence-electron chi connectivity index (χ0n) is 9.24. The summed E-state index contributed by atoms with van der Waals surface area (Å²) in [5, 5.41) is 8.84. The molecule has 0 aliphatic carbocycles. The average molecular weight is 259 g/mol. The van der Waals surface area contributed by atoms with E-state index in [1.54, 1.807) is 36.4 Å². The van der Waals surface area contributed by atoms with E-state index in [0.29, 0.717) is 5.69 Å². The number of hydrogen-bond donors (Lipinski definition) is 1. The van der Waals surface area contributed by atoms with Gasteiger partial charge in [-0.25, -0.2) is 13.4 Å². The van der Waals surface area contributed by atoms with Gasteiger partial charge in [-0.3, -0.25) is 4.72 Å². The Morgan fingerprint density at radius 1 is 1.11 bits per heavy atom. The summed E-state index contributed by atoms with van der Waals surface area (Å²) in [7, 11) is -3.79. The molecule has 0 aliphatic heterocycles. The highest BCUT2D eigenvalue weighted by Crippen LogP contribution is 2.17. The number of aromatic nitrogens is 1. The molecule has 0 bridgehead atoms. The van der Waals surface area contributed by atoms with Crippen molar-refractivity contribution in [3.8, 4) is 6.07 Å². The van der Waals surface area contributed by atoms with E-state index in [2.05, 4.69) is 9.71 Å². The van der Waals surface area contributed by atoms with Crippen LogP contribution >= 0.6 is 0 Å². The quantitative estimate of drug-likeness (QED) is 0.910. The first-order valence-electron chi connectivity index (χ1n) is 5.06. The Hall–Kier alpha value is -2.39. The van der Waals surface area contributed by atoms with E-state index in [0.717, 1.165) is 0 Å². The van der Waals surface area contributed by atoms with Gasteiger partial charge in [-0.2, -0.15) is 5.26 Å². The number of rotatable bonds is 3. The largest absolute Gasteiger partial charge is 0.280 e. The molecule has 0 amide bonds. The van der Waals surface area contributed by atoms with E-state index in [-0.39, 0.29) is 10.6 Å². The molecular formula is C12H9N3O2S. The SMILES string of the molecule is N#Cc1ncccc1S(=O)(=O)Nc1ccccc1. The number of benzene rings is 1. The number of pyridine rings is 1. The molecule has 18 heavy (non-hydrogen) atoms. The minimum atomic E-state index is -3.79. The molecule has 1 aromatic carbocycles. The monoisotopic (exact) mass is 259 g/mol. The van der Waals surface area contributed by atoms with Crippen LogP contribution in [0.5, 0.6) is 0 Å². The van der Waals surface area contributed by atoms with Crippen LogP contribution in [0.4, 0.5) is 5.69 Å².